The fourth-order valence-electron chi connectivity index (χ4n) is 5.25. The van der Waals surface area contributed by atoms with Crippen LogP contribution in [0.15, 0.2) is 42.5 Å². The highest BCUT2D eigenvalue weighted by Gasteiger charge is 2.34. The van der Waals surface area contributed by atoms with Gasteiger partial charge in [0, 0.05) is 48.3 Å². The highest BCUT2D eigenvalue weighted by molar-refractivity contribution is 6.30. The fourth-order valence-corrected chi connectivity index (χ4v) is 5.45. The normalized spacial score (nSPS) is 19.0. The van der Waals surface area contributed by atoms with E-state index in [2.05, 4.69) is 27.6 Å². The first-order chi connectivity index (χ1) is 20.8. The van der Waals surface area contributed by atoms with E-state index in [0.29, 0.717) is 48.6 Å². The molecule has 2 heterocycles. The summed E-state index contributed by atoms with van der Waals surface area (Å²) in [5, 5.41) is 9.63. The monoisotopic (exact) mass is 617 g/mol. The second kappa shape index (κ2) is 16.3. The summed E-state index contributed by atoms with van der Waals surface area (Å²) < 4.78 is 28.2. The third-order valence-electron chi connectivity index (χ3n) is 7.76. The van der Waals surface area contributed by atoms with Crippen molar-refractivity contribution < 1.29 is 33.3 Å². The second-order valence-electron chi connectivity index (χ2n) is 11.6. The van der Waals surface area contributed by atoms with Gasteiger partial charge in [-0.05, 0) is 73.7 Å². The van der Waals surface area contributed by atoms with Crippen LogP contribution in [0.5, 0.6) is 5.75 Å². The van der Waals surface area contributed by atoms with Crippen molar-refractivity contribution in [1.29, 1.82) is 0 Å². The number of hydrogen-bond acceptors (Lipinski definition) is 8. The quantitative estimate of drug-likeness (QED) is 0.253. The lowest BCUT2D eigenvalue weighted by atomic mass is 9.90. The molecule has 10 nitrogen and oxygen atoms in total. The van der Waals surface area contributed by atoms with Gasteiger partial charge in [0.25, 0.3) is 5.91 Å². The molecule has 0 saturated carbocycles. The fraction of sp³-hybridized carbons (Fsp3) is 0.562. The zero-order valence-corrected chi connectivity index (χ0v) is 26.0. The summed E-state index contributed by atoms with van der Waals surface area (Å²) in [6, 6.07) is 13.0. The number of amides is 2. The first-order valence-corrected chi connectivity index (χ1v) is 15.2. The smallest absolute Gasteiger partial charge is 0.406 e. The Hall–Kier alpha value is -2.89. The topological polar surface area (TPSA) is 116 Å². The number of carbonyl (C=O) groups is 2. The molecule has 0 radical (unpaired) electrons. The summed E-state index contributed by atoms with van der Waals surface area (Å²) >= 11 is 6.34. The van der Waals surface area contributed by atoms with Crippen LogP contribution >= 0.6 is 11.6 Å². The molecule has 2 aliphatic rings. The van der Waals surface area contributed by atoms with Crippen molar-refractivity contribution in [2.75, 3.05) is 66.9 Å². The van der Waals surface area contributed by atoms with Crippen molar-refractivity contribution in [3.63, 3.8) is 0 Å². The SMILES string of the molecule is CNC(CNC(=O)c1cc(OCC2(C)COC2)cc(C(OCCNC(=O)OC)c2cccc(Cl)c2)c1)C[C@H]1CCCOC1. The highest BCUT2D eigenvalue weighted by Crippen LogP contribution is 2.33. The molecule has 2 aliphatic heterocycles. The number of carbonyl (C=O) groups excluding carboxylic acids is 2. The number of alkyl carbamates (subject to hydrolysis) is 1. The number of rotatable bonds is 15. The lowest BCUT2D eigenvalue weighted by molar-refractivity contribution is -0.120. The van der Waals surface area contributed by atoms with E-state index >= 15 is 0 Å². The summed E-state index contributed by atoms with van der Waals surface area (Å²) in [5.41, 5.74) is 1.91. The molecule has 2 amide bonds. The van der Waals surface area contributed by atoms with E-state index in [1.165, 1.54) is 7.11 Å². The first-order valence-electron chi connectivity index (χ1n) is 14.9. The number of methoxy groups -OCH3 is 1. The molecule has 2 saturated heterocycles. The van der Waals surface area contributed by atoms with E-state index in [1.54, 1.807) is 12.1 Å². The Morgan fingerprint density at radius 2 is 1.95 bits per heavy atom. The van der Waals surface area contributed by atoms with Gasteiger partial charge in [-0.15, -0.1) is 0 Å². The van der Waals surface area contributed by atoms with Crippen LogP contribution in [-0.2, 0) is 18.9 Å². The standard InChI is InChI=1S/C32H44ClN3O7/c1-32(19-41-20-32)21-43-28-15-24(29(23-7-4-8-26(33)14-23)42-11-9-35-31(38)39-3)13-25(16-28)30(37)36-17-27(34-2)12-22-6-5-10-40-18-22/h4,7-8,13-16,22,27,29,34H,5-6,9-12,17-21H2,1-3H3,(H,35,38)(H,36,37)/t22-,27?,29?/m1/s1. The number of nitrogens with one attached hydrogen (secondary N) is 3. The van der Waals surface area contributed by atoms with Crippen molar-refractivity contribution in [2.45, 2.75) is 38.3 Å². The third-order valence-corrected chi connectivity index (χ3v) is 8.00. The molecule has 2 aromatic rings. The van der Waals surface area contributed by atoms with Gasteiger partial charge in [0.1, 0.15) is 11.9 Å². The highest BCUT2D eigenvalue weighted by atomic mass is 35.5. The third kappa shape index (κ3) is 10.1. The lowest BCUT2D eigenvalue weighted by Gasteiger charge is -2.37. The summed E-state index contributed by atoms with van der Waals surface area (Å²) in [7, 11) is 3.22. The number of ether oxygens (including phenoxy) is 5. The summed E-state index contributed by atoms with van der Waals surface area (Å²) in [5.74, 6) is 0.832. The molecule has 3 atom stereocenters. The average molecular weight is 618 g/mol. The average Bonchev–Trinajstić information content (AvgIpc) is 3.01. The molecule has 3 N–H and O–H groups in total. The van der Waals surface area contributed by atoms with Gasteiger partial charge in [-0.2, -0.15) is 0 Å². The molecule has 0 aromatic heterocycles. The molecule has 2 fully saturated rings. The van der Waals surface area contributed by atoms with E-state index in [0.717, 1.165) is 43.6 Å². The lowest BCUT2D eigenvalue weighted by Crippen LogP contribution is -2.44. The minimum absolute atomic E-state index is 0.0797. The zero-order chi connectivity index (χ0) is 30.7. The van der Waals surface area contributed by atoms with E-state index < -0.39 is 12.2 Å². The van der Waals surface area contributed by atoms with E-state index in [1.807, 2.05) is 37.4 Å². The molecule has 11 heteroatoms. The van der Waals surface area contributed by atoms with Crippen LogP contribution in [0.4, 0.5) is 4.79 Å². The molecule has 2 aromatic carbocycles. The van der Waals surface area contributed by atoms with Gasteiger partial charge in [0.15, 0.2) is 0 Å². The number of hydrogen-bond donors (Lipinski definition) is 3. The van der Waals surface area contributed by atoms with Crippen molar-refractivity contribution in [1.82, 2.24) is 16.0 Å². The van der Waals surface area contributed by atoms with Gasteiger partial charge < -0.3 is 39.6 Å². The minimum Gasteiger partial charge on any atom is -0.493 e. The molecule has 4 rings (SSSR count). The molecule has 43 heavy (non-hydrogen) atoms. The Morgan fingerprint density at radius 1 is 1.12 bits per heavy atom. The summed E-state index contributed by atoms with van der Waals surface area (Å²) in [6.45, 7) is 6.31. The van der Waals surface area contributed by atoms with Gasteiger partial charge in [-0.1, -0.05) is 30.7 Å². The Kier molecular flexibility index (Phi) is 12.5. The number of benzene rings is 2. The Bertz CT molecular complexity index is 1200. The van der Waals surface area contributed by atoms with Gasteiger partial charge in [-0.3, -0.25) is 4.79 Å². The Balaban J connectivity index is 1.55. The van der Waals surface area contributed by atoms with E-state index in [9.17, 15) is 9.59 Å². The summed E-state index contributed by atoms with van der Waals surface area (Å²) in [4.78, 5) is 25.1. The number of likely N-dealkylation sites (N-methyl/N-ethyl adjacent to an activating group) is 1. The maximum Gasteiger partial charge on any atom is 0.406 e. The zero-order valence-electron chi connectivity index (χ0n) is 25.3. The van der Waals surface area contributed by atoms with Crippen LogP contribution in [0, 0.1) is 11.3 Å². The molecule has 0 bridgehead atoms. The van der Waals surface area contributed by atoms with Crippen LogP contribution in [0.25, 0.3) is 0 Å². The second-order valence-corrected chi connectivity index (χ2v) is 12.1. The summed E-state index contributed by atoms with van der Waals surface area (Å²) in [6.07, 6.45) is 2.02. The van der Waals surface area contributed by atoms with Gasteiger partial charge in [0.2, 0.25) is 0 Å². The molecular formula is C32H44ClN3O7. The van der Waals surface area contributed by atoms with Crippen molar-refractivity contribution in [2.24, 2.45) is 11.3 Å². The first kappa shape index (κ1) is 33.0. The Morgan fingerprint density at radius 3 is 2.63 bits per heavy atom. The minimum atomic E-state index is -0.577. The predicted molar refractivity (Wildman–Crippen MR) is 164 cm³/mol. The van der Waals surface area contributed by atoms with Crippen molar-refractivity contribution in [3.05, 3.63) is 64.2 Å². The van der Waals surface area contributed by atoms with E-state index in [4.69, 9.17) is 30.5 Å². The van der Waals surface area contributed by atoms with Crippen LogP contribution < -0.4 is 20.7 Å². The van der Waals surface area contributed by atoms with Crippen LogP contribution in [0.3, 0.4) is 0 Å². The molecule has 236 valence electrons. The largest absolute Gasteiger partial charge is 0.493 e. The molecule has 0 spiro atoms. The van der Waals surface area contributed by atoms with Crippen molar-refractivity contribution >= 4 is 23.6 Å². The Labute approximate surface area is 259 Å². The van der Waals surface area contributed by atoms with Crippen LogP contribution in [-0.4, -0.2) is 84.9 Å². The maximum atomic E-state index is 13.5. The molecule has 2 unspecified atom stereocenters. The maximum absolute atomic E-state index is 13.5. The van der Waals surface area contributed by atoms with Crippen LogP contribution in [0.2, 0.25) is 5.02 Å². The van der Waals surface area contributed by atoms with Gasteiger partial charge in [0.05, 0.1) is 33.5 Å². The van der Waals surface area contributed by atoms with E-state index in [-0.39, 0.29) is 30.5 Å². The van der Waals surface area contributed by atoms with Crippen molar-refractivity contribution in [3.8, 4) is 5.75 Å². The molecule has 0 aliphatic carbocycles. The predicted octanol–water partition coefficient (Wildman–Crippen LogP) is 4.35. The van der Waals surface area contributed by atoms with Gasteiger partial charge >= 0.3 is 6.09 Å². The number of halogens is 1. The molecular weight excluding hydrogens is 574 g/mol. The van der Waals surface area contributed by atoms with Crippen LogP contribution in [0.1, 0.15) is 53.8 Å². The van der Waals surface area contributed by atoms with Gasteiger partial charge in [-0.25, -0.2) is 4.79 Å².